The first-order valence-corrected chi connectivity index (χ1v) is 18.9. The lowest BCUT2D eigenvalue weighted by atomic mass is 10.0. The number of methoxy groups -OCH3 is 1. The second-order valence-electron chi connectivity index (χ2n) is 14.9. The molecule has 3 amide bonds. The van der Waals surface area contributed by atoms with Crippen LogP contribution in [0.15, 0.2) is 79.0 Å². The van der Waals surface area contributed by atoms with E-state index in [0.29, 0.717) is 13.1 Å². The minimum absolute atomic E-state index is 0.0864. The van der Waals surface area contributed by atoms with Crippen molar-refractivity contribution in [3.8, 4) is 23.1 Å². The number of likely N-dealkylation sites (tertiary alicyclic amines) is 2. The predicted molar refractivity (Wildman–Crippen MR) is 211 cm³/mol. The molecule has 3 aromatic carbocycles. The summed E-state index contributed by atoms with van der Waals surface area (Å²) < 4.78 is 4.75. The monoisotopic (exact) mass is 740 g/mol. The highest BCUT2D eigenvalue weighted by molar-refractivity contribution is 5.86. The zero-order valence-corrected chi connectivity index (χ0v) is 32.0. The summed E-state index contributed by atoms with van der Waals surface area (Å²) >= 11 is 0. The molecular weight excluding hydrogens is 693 g/mol. The Morgan fingerprint density at radius 1 is 0.855 bits per heavy atom. The van der Waals surface area contributed by atoms with Gasteiger partial charge in [-0.05, 0) is 87.2 Å². The Hall–Kier alpha value is -5.93. The van der Waals surface area contributed by atoms with Crippen LogP contribution >= 0.6 is 0 Å². The number of fused-ring (bicyclic) bond motifs is 1. The molecule has 7 rings (SSSR count). The van der Waals surface area contributed by atoms with E-state index in [9.17, 15) is 14.4 Å². The number of hydrogen-bond donors (Lipinski definition) is 3. The Bertz CT molecular complexity index is 2220. The lowest BCUT2D eigenvalue weighted by molar-refractivity contribution is -0.137. The summed E-state index contributed by atoms with van der Waals surface area (Å²) in [5.74, 6) is 7.95. The predicted octanol–water partition coefficient (Wildman–Crippen LogP) is 6.36. The number of alkyl carbamates (subject to hydrolysis) is 1. The van der Waals surface area contributed by atoms with Crippen molar-refractivity contribution >= 4 is 28.9 Å². The zero-order chi connectivity index (χ0) is 38.6. The lowest BCUT2D eigenvalue weighted by Gasteiger charge is -2.31. The second kappa shape index (κ2) is 16.2. The van der Waals surface area contributed by atoms with Gasteiger partial charge in [-0.15, -0.1) is 0 Å². The molecule has 0 unspecified atom stereocenters. The number of H-pyrrole nitrogens is 2. The molecule has 0 spiro atoms. The molecule has 0 saturated carbocycles. The highest BCUT2D eigenvalue weighted by atomic mass is 16.5. The Morgan fingerprint density at radius 2 is 1.51 bits per heavy atom. The maximum Gasteiger partial charge on any atom is 0.407 e. The van der Waals surface area contributed by atoms with E-state index >= 15 is 0 Å². The molecule has 2 saturated heterocycles. The number of amides is 3. The molecule has 2 aliphatic rings. The van der Waals surface area contributed by atoms with Crippen LogP contribution in [0.3, 0.4) is 0 Å². The molecule has 4 heterocycles. The summed E-state index contributed by atoms with van der Waals surface area (Å²) in [5.41, 5.74) is 6.25. The number of carbonyl (C=O) groups excluding carboxylic acids is 3. The van der Waals surface area contributed by atoms with Gasteiger partial charge in [-0.1, -0.05) is 68.2 Å². The van der Waals surface area contributed by atoms with Crippen molar-refractivity contribution in [1.29, 1.82) is 0 Å². The van der Waals surface area contributed by atoms with E-state index < -0.39 is 12.1 Å². The number of aromatic amines is 2. The average Bonchev–Trinajstić information content (AvgIpc) is 4.02. The first-order chi connectivity index (χ1) is 26.6. The lowest BCUT2D eigenvalue weighted by Crippen LogP contribution is -2.51. The maximum absolute atomic E-state index is 13.9. The van der Waals surface area contributed by atoms with Crippen LogP contribution in [0.4, 0.5) is 4.79 Å². The highest BCUT2D eigenvalue weighted by Crippen LogP contribution is 2.36. The summed E-state index contributed by atoms with van der Waals surface area (Å²) in [6.07, 6.45) is 4.59. The molecule has 2 aliphatic heterocycles. The number of nitrogens with zero attached hydrogens (tertiary/aromatic N) is 5. The van der Waals surface area contributed by atoms with E-state index in [4.69, 9.17) is 9.72 Å². The second-order valence-corrected chi connectivity index (χ2v) is 14.9. The Morgan fingerprint density at radius 3 is 2.18 bits per heavy atom. The minimum atomic E-state index is -0.684. The van der Waals surface area contributed by atoms with E-state index in [-0.39, 0.29) is 35.9 Å². The third-order valence-electron chi connectivity index (χ3n) is 10.6. The summed E-state index contributed by atoms with van der Waals surface area (Å²) in [6, 6.07) is 22.5. The summed E-state index contributed by atoms with van der Waals surface area (Å²) in [4.78, 5) is 61.6. The Labute approximate surface area is 321 Å². The van der Waals surface area contributed by atoms with E-state index in [1.807, 2.05) is 111 Å². The van der Waals surface area contributed by atoms with Crippen LogP contribution in [0.2, 0.25) is 0 Å². The van der Waals surface area contributed by atoms with Crippen LogP contribution < -0.4 is 5.32 Å². The topological polar surface area (TPSA) is 140 Å². The van der Waals surface area contributed by atoms with Crippen LogP contribution in [-0.4, -0.2) is 92.9 Å². The average molecular weight is 741 g/mol. The molecule has 12 heteroatoms. The van der Waals surface area contributed by atoms with Gasteiger partial charge in [0.1, 0.15) is 23.7 Å². The van der Waals surface area contributed by atoms with Crippen molar-refractivity contribution in [3.63, 3.8) is 0 Å². The summed E-state index contributed by atoms with van der Waals surface area (Å²) in [5, 5.41) is 2.69. The van der Waals surface area contributed by atoms with Crippen LogP contribution in [-0.2, 0) is 14.3 Å². The fourth-order valence-electron chi connectivity index (χ4n) is 7.76. The standard InChI is InChI=1S/C43H48N8O4/c1-27(2)37(48-43(54)55-5)41(52)50-23-9-13-35(50)39-44-26-34(47-39)30-20-17-28(18-21-30)15-16-29-19-22-32-33(25-29)46-40(45-32)36-14-10-24-51(36)42(53)38(49(3)4)31-11-7-6-8-12-31/h6-8,11-12,17-22,25-27,35-38H,9-10,13-14,23-24H2,1-5H3,(H,44,47)(H,45,46)(H,48,54)/t35-,36-,37-,38+/m0/s1. The zero-order valence-electron chi connectivity index (χ0n) is 32.0. The summed E-state index contributed by atoms with van der Waals surface area (Å²) in [7, 11) is 5.19. The molecule has 284 valence electrons. The minimum Gasteiger partial charge on any atom is -0.453 e. The van der Waals surface area contributed by atoms with Gasteiger partial charge in [0.05, 0.1) is 42.1 Å². The normalized spacial score (nSPS) is 18.0. The number of carbonyl (C=O) groups is 3. The quantitative estimate of drug-likeness (QED) is 0.150. The van der Waals surface area contributed by atoms with Crippen molar-refractivity contribution in [2.45, 2.75) is 63.7 Å². The fourth-order valence-corrected chi connectivity index (χ4v) is 7.76. The van der Waals surface area contributed by atoms with Crippen molar-refractivity contribution in [2.24, 2.45) is 5.92 Å². The van der Waals surface area contributed by atoms with Crippen molar-refractivity contribution in [2.75, 3.05) is 34.3 Å². The van der Waals surface area contributed by atoms with E-state index in [2.05, 4.69) is 32.1 Å². The van der Waals surface area contributed by atoms with Gasteiger partial charge in [-0.2, -0.15) is 0 Å². The maximum atomic E-state index is 13.9. The smallest absolute Gasteiger partial charge is 0.407 e. The number of nitrogens with one attached hydrogen (secondary N) is 3. The van der Waals surface area contributed by atoms with Gasteiger partial charge in [0, 0.05) is 24.2 Å². The molecule has 2 aromatic heterocycles. The van der Waals surface area contributed by atoms with Crippen LogP contribution in [0, 0.1) is 17.8 Å². The first kappa shape index (κ1) is 37.4. The number of ether oxygens (including phenoxy) is 1. The molecule has 5 aromatic rings. The van der Waals surface area contributed by atoms with Crippen LogP contribution in [0.1, 0.15) is 86.0 Å². The Balaban J connectivity index is 1.02. The molecule has 12 nitrogen and oxygen atoms in total. The van der Waals surface area contributed by atoms with E-state index in [0.717, 1.165) is 76.3 Å². The van der Waals surface area contributed by atoms with Gasteiger partial charge < -0.3 is 29.8 Å². The van der Waals surface area contributed by atoms with Crippen molar-refractivity contribution < 1.29 is 19.1 Å². The van der Waals surface area contributed by atoms with Gasteiger partial charge in [-0.3, -0.25) is 14.5 Å². The number of rotatable bonds is 9. The van der Waals surface area contributed by atoms with Crippen molar-refractivity contribution in [3.05, 3.63) is 107 Å². The first-order valence-electron chi connectivity index (χ1n) is 18.9. The van der Waals surface area contributed by atoms with Gasteiger partial charge in [-0.25, -0.2) is 14.8 Å². The number of likely N-dealkylation sites (N-methyl/N-ethyl adjacent to an activating group) is 1. The third-order valence-corrected chi connectivity index (χ3v) is 10.6. The van der Waals surface area contributed by atoms with Gasteiger partial charge in [0.15, 0.2) is 0 Å². The molecule has 4 atom stereocenters. The molecule has 55 heavy (non-hydrogen) atoms. The molecule has 3 N–H and O–H groups in total. The fraction of sp³-hybridized carbons (Fsp3) is 0.372. The van der Waals surface area contributed by atoms with Gasteiger partial charge in [0.2, 0.25) is 11.8 Å². The third kappa shape index (κ3) is 7.98. The van der Waals surface area contributed by atoms with Crippen LogP contribution in [0.5, 0.6) is 0 Å². The van der Waals surface area contributed by atoms with E-state index in [1.54, 1.807) is 11.1 Å². The largest absolute Gasteiger partial charge is 0.453 e. The van der Waals surface area contributed by atoms with Crippen LogP contribution in [0.25, 0.3) is 22.3 Å². The van der Waals surface area contributed by atoms with Crippen molar-refractivity contribution in [1.82, 2.24) is 40.0 Å². The number of hydrogen-bond acceptors (Lipinski definition) is 7. The molecule has 0 aliphatic carbocycles. The molecule has 2 fully saturated rings. The highest BCUT2D eigenvalue weighted by Gasteiger charge is 2.38. The van der Waals surface area contributed by atoms with Gasteiger partial charge in [0.25, 0.3) is 0 Å². The van der Waals surface area contributed by atoms with E-state index in [1.165, 1.54) is 7.11 Å². The molecular formula is C43H48N8O4. The molecule has 0 bridgehead atoms. The summed E-state index contributed by atoms with van der Waals surface area (Å²) in [6.45, 7) is 5.10. The number of imidazole rings is 2. The SMILES string of the molecule is COC(=O)N[C@H](C(=O)N1CCC[C@H]1c1ncc(-c2ccc(C#Cc3ccc4nc([C@@H]5CCCN5C(=O)[C@@H](c5ccccc5)N(C)C)[nH]c4c3)cc2)[nH]1)C(C)C. The van der Waals surface area contributed by atoms with Gasteiger partial charge >= 0.3 is 6.09 Å². The number of benzene rings is 3. The molecule has 0 radical (unpaired) electrons. The number of aromatic nitrogens is 4. The Kier molecular flexibility index (Phi) is 11.0.